The number of halogens is 3. The number of H-pyrrole nitrogens is 1. The van der Waals surface area contributed by atoms with Crippen LogP contribution < -0.4 is 0 Å². The van der Waals surface area contributed by atoms with Gasteiger partial charge in [-0.15, -0.1) is 0 Å². The predicted molar refractivity (Wildman–Crippen MR) is 60.6 cm³/mol. The maximum absolute atomic E-state index is 12.5. The number of hydrogen-bond donors (Lipinski definition) is 2. The zero-order chi connectivity index (χ0) is 13.2. The fraction of sp³-hybridized carbons (Fsp3) is 0.0833. The van der Waals surface area contributed by atoms with Crippen molar-refractivity contribution in [1.29, 1.82) is 0 Å². The van der Waals surface area contributed by atoms with Crippen molar-refractivity contribution < 1.29 is 18.4 Å². The zero-order valence-electron chi connectivity index (χ0n) is 9.07. The van der Waals surface area contributed by atoms with Gasteiger partial charge in [0.25, 0.3) is 0 Å². The molecule has 2 rings (SSSR count). The van der Waals surface area contributed by atoms with Crippen molar-refractivity contribution in [1.82, 2.24) is 4.98 Å². The van der Waals surface area contributed by atoms with Gasteiger partial charge in [-0.25, -0.2) is 0 Å². The van der Waals surface area contributed by atoms with Gasteiger partial charge >= 0.3 is 6.18 Å². The van der Waals surface area contributed by atoms with Gasteiger partial charge in [0.05, 0.1) is 5.69 Å². The molecule has 1 aromatic carbocycles. The van der Waals surface area contributed by atoms with Crippen molar-refractivity contribution in [2.45, 2.75) is 6.18 Å². The lowest BCUT2D eigenvalue weighted by molar-refractivity contribution is -0.0602. The van der Waals surface area contributed by atoms with E-state index in [1.807, 2.05) is 6.07 Å². The highest BCUT2D eigenvalue weighted by molar-refractivity contribution is 6.03. The third-order valence-corrected chi connectivity index (χ3v) is 2.39. The number of aromatic amines is 1. The number of alkyl halides is 3. The molecule has 0 aliphatic carbocycles. The summed E-state index contributed by atoms with van der Waals surface area (Å²) < 4.78 is 37.5. The molecule has 2 aromatic rings. The first-order valence-electron chi connectivity index (χ1n) is 5.06. The van der Waals surface area contributed by atoms with Crippen molar-refractivity contribution in [2.75, 3.05) is 0 Å². The Morgan fingerprint density at radius 2 is 1.72 bits per heavy atom. The Hall–Kier alpha value is -2.24. The summed E-state index contributed by atoms with van der Waals surface area (Å²) in [6, 6.07) is 11.6. The van der Waals surface area contributed by atoms with Crippen molar-refractivity contribution in [3.05, 3.63) is 48.2 Å². The first-order valence-corrected chi connectivity index (χ1v) is 5.06. The number of oxime groups is 1. The predicted octanol–water partition coefficient (Wildman–Crippen LogP) is 3.42. The minimum Gasteiger partial charge on any atom is -0.410 e. The van der Waals surface area contributed by atoms with E-state index >= 15 is 0 Å². The summed E-state index contributed by atoms with van der Waals surface area (Å²) in [5.41, 5.74) is -0.340. The van der Waals surface area contributed by atoms with Crippen molar-refractivity contribution >= 4 is 5.71 Å². The first kappa shape index (κ1) is 12.2. The molecule has 0 bridgehead atoms. The summed E-state index contributed by atoms with van der Waals surface area (Å²) in [6.07, 6.45) is -4.70. The average molecular weight is 254 g/mol. The molecule has 0 radical (unpaired) electrons. The Morgan fingerprint density at radius 3 is 2.28 bits per heavy atom. The Kier molecular flexibility index (Phi) is 3.10. The van der Waals surface area contributed by atoms with Gasteiger partial charge in [0.2, 0.25) is 5.71 Å². The van der Waals surface area contributed by atoms with Crippen molar-refractivity contribution in [3.63, 3.8) is 0 Å². The second-order valence-corrected chi connectivity index (χ2v) is 3.60. The molecular formula is C12H9F3N2O. The Morgan fingerprint density at radius 1 is 1.06 bits per heavy atom. The van der Waals surface area contributed by atoms with E-state index < -0.39 is 11.9 Å². The average Bonchev–Trinajstić information content (AvgIpc) is 2.78. The summed E-state index contributed by atoms with van der Waals surface area (Å²) in [7, 11) is 0. The molecule has 0 spiro atoms. The van der Waals surface area contributed by atoms with Crippen LogP contribution >= 0.6 is 0 Å². The largest absolute Gasteiger partial charge is 0.438 e. The lowest BCUT2D eigenvalue weighted by atomic mass is 10.2. The van der Waals surface area contributed by atoms with Crippen LogP contribution in [0.25, 0.3) is 11.3 Å². The molecule has 0 saturated heterocycles. The summed E-state index contributed by atoms with van der Waals surface area (Å²) in [5.74, 6) is 0. The van der Waals surface area contributed by atoms with E-state index in [0.717, 1.165) is 5.56 Å². The molecule has 6 heteroatoms. The van der Waals surface area contributed by atoms with E-state index in [9.17, 15) is 13.2 Å². The fourth-order valence-electron chi connectivity index (χ4n) is 1.58. The fourth-order valence-corrected chi connectivity index (χ4v) is 1.58. The van der Waals surface area contributed by atoms with Gasteiger partial charge in [0.1, 0.15) is 0 Å². The lowest BCUT2D eigenvalue weighted by Crippen LogP contribution is -2.24. The van der Waals surface area contributed by atoms with Crippen LogP contribution in [0.4, 0.5) is 13.2 Å². The highest BCUT2D eigenvalue weighted by Gasteiger charge is 2.38. The van der Waals surface area contributed by atoms with E-state index in [2.05, 4.69) is 10.1 Å². The number of nitrogens with zero attached hydrogens (tertiary/aromatic N) is 1. The maximum Gasteiger partial charge on any atom is 0.438 e. The molecule has 0 unspecified atom stereocenters. The van der Waals surface area contributed by atoms with Crippen molar-refractivity contribution in [3.8, 4) is 11.3 Å². The summed E-state index contributed by atoms with van der Waals surface area (Å²) in [6.45, 7) is 0. The zero-order valence-corrected chi connectivity index (χ0v) is 9.07. The first-order chi connectivity index (χ1) is 8.52. The molecule has 18 heavy (non-hydrogen) atoms. The Bertz CT molecular complexity index is 558. The van der Waals surface area contributed by atoms with Crippen LogP contribution in [-0.2, 0) is 0 Å². The monoisotopic (exact) mass is 254 g/mol. The normalized spacial score (nSPS) is 12.7. The molecular weight excluding hydrogens is 245 g/mol. The summed E-state index contributed by atoms with van der Waals surface area (Å²) >= 11 is 0. The smallest absolute Gasteiger partial charge is 0.410 e. The minimum absolute atomic E-state index is 0.274. The van der Waals surface area contributed by atoms with Gasteiger partial charge in [0.15, 0.2) is 0 Å². The SMILES string of the molecule is ON=C(c1ccc(-c2ccccc2)[nH]1)C(F)(F)F. The van der Waals surface area contributed by atoms with Gasteiger partial charge in [-0.3, -0.25) is 0 Å². The Balaban J connectivity index is 2.37. The standard InChI is InChI=1S/C12H9F3N2O/c13-12(14,15)11(17-18)10-7-6-9(16-10)8-4-2-1-3-5-8/h1-7,16,18H. The van der Waals surface area contributed by atoms with Gasteiger partial charge in [0, 0.05) is 5.69 Å². The van der Waals surface area contributed by atoms with Gasteiger partial charge in [-0.05, 0) is 17.7 Å². The lowest BCUT2D eigenvalue weighted by Gasteiger charge is -2.06. The van der Waals surface area contributed by atoms with Gasteiger partial charge in [-0.1, -0.05) is 35.5 Å². The topological polar surface area (TPSA) is 48.4 Å². The Labute approximate surface area is 101 Å². The highest BCUT2D eigenvalue weighted by atomic mass is 19.4. The van der Waals surface area contributed by atoms with E-state index in [1.54, 1.807) is 24.3 Å². The second kappa shape index (κ2) is 4.56. The number of nitrogens with one attached hydrogen (secondary N) is 1. The van der Waals surface area contributed by atoms with E-state index in [-0.39, 0.29) is 5.69 Å². The molecule has 0 aliphatic heterocycles. The quantitative estimate of drug-likeness (QED) is 0.481. The number of hydrogen-bond acceptors (Lipinski definition) is 2. The molecule has 0 aliphatic rings. The van der Waals surface area contributed by atoms with E-state index in [4.69, 9.17) is 5.21 Å². The number of rotatable bonds is 2. The minimum atomic E-state index is -4.70. The molecule has 2 N–H and O–H groups in total. The van der Waals surface area contributed by atoms with E-state index in [0.29, 0.717) is 5.69 Å². The molecule has 3 nitrogen and oxygen atoms in total. The van der Waals surface area contributed by atoms with Crippen LogP contribution in [0.5, 0.6) is 0 Å². The number of aromatic nitrogens is 1. The molecule has 94 valence electrons. The molecule has 1 aromatic heterocycles. The highest BCUT2D eigenvalue weighted by Crippen LogP contribution is 2.24. The van der Waals surface area contributed by atoms with Crippen LogP contribution in [0.3, 0.4) is 0 Å². The molecule has 0 atom stereocenters. The van der Waals surface area contributed by atoms with Crippen LogP contribution in [0.15, 0.2) is 47.6 Å². The van der Waals surface area contributed by atoms with Gasteiger partial charge < -0.3 is 10.2 Å². The molecule has 1 heterocycles. The number of benzene rings is 1. The molecule has 0 amide bonds. The van der Waals surface area contributed by atoms with Crippen molar-refractivity contribution in [2.24, 2.45) is 5.16 Å². The van der Waals surface area contributed by atoms with E-state index in [1.165, 1.54) is 12.1 Å². The van der Waals surface area contributed by atoms with Crippen LogP contribution in [0, 0.1) is 0 Å². The maximum atomic E-state index is 12.5. The third-order valence-electron chi connectivity index (χ3n) is 2.39. The third kappa shape index (κ3) is 2.37. The van der Waals surface area contributed by atoms with Crippen LogP contribution in [0.2, 0.25) is 0 Å². The van der Waals surface area contributed by atoms with Gasteiger partial charge in [-0.2, -0.15) is 13.2 Å². The van der Waals surface area contributed by atoms with Crippen LogP contribution in [0.1, 0.15) is 5.69 Å². The van der Waals surface area contributed by atoms with Crippen LogP contribution in [-0.4, -0.2) is 22.1 Å². The second-order valence-electron chi connectivity index (χ2n) is 3.60. The summed E-state index contributed by atoms with van der Waals surface area (Å²) in [5, 5.41) is 10.7. The molecule has 0 saturated carbocycles. The molecule has 0 fully saturated rings. The summed E-state index contributed by atoms with van der Waals surface area (Å²) in [4.78, 5) is 2.58.